The third kappa shape index (κ3) is 4.09. The van der Waals surface area contributed by atoms with Gasteiger partial charge < -0.3 is 0 Å². The molecule has 1 nitrogen and oxygen atoms in total. The molecule has 2 aliphatic carbocycles. The summed E-state index contributed by atoms with van der Waals surface area (Å²) in [4.78, 5) is 5.26. The van der Waals surface area contributed by atoms with Crippen LogP contribution in [0.15, 0.2) is 188 Å². The summed E-state index contributed by atoms with van der Waals surface area (Å²) in [5.41, 5.74) is 18.2. The first-order chi connectivity index (χ1) is 24.7. The lowest BCUT2D eigenvalue weighted by Gasteiger charge is -2.30. The molecular formula is C48H31N. The number of aromatic nitrogens is 1. The van der Waals surface area contributed by atoms with Crippen molar-refractivity contribution < 1.29 is 1.37 Å². The lowest BCUT2D eigenvalue weighted by Crippen LogP contribution is -2.25. The first-order valence-electron chi connectivity index (χ1n) is 17.4. The van der Waals surface area contributed by atoms with Gasteiger partial charge in [0.05, 0.1) is 18.2 Å². The molecule has 7 aromatic carbocycles. The summed E-state index contributed by atoms with van der Waals surface area (Å²) in [6.45, 7) is 0. The van der Waals surface area contributed by atoms with Gasteiger partial charge in [-0.2, -0.15) is 0 Å². The SMILES string of the molecule is [2H]c1cc(-c2ccccc2)cc(-c2cc(-c3cccc4c3-c3ccccc3C43c4ccccc4-c4ccccc43)cc(-c3ccccc3)n2)c1. The molecule has 0 saturated heterocycles. The number of fused-ring (bicyclic) bond motifs is 10. The number of benzene rings is 7. The minimum atomic E-state index is -0.405. The van der Waals surface area contributed by atoms with Crippen molar-refractivity contribution in [3.05, 3.63) is 210 Å². The second-order valence-electron chi connectivity index (χ2n) is 13.0. The maximum absolute atomic E-state index is 8.78. The number of hydrogen-bond acceptors (Lipinski definition) is 1. The Morgan fingerprint density at radius 1 is 0.347 bits per heavy atom. The van der Waals surface area contributed by atoms with Crippen LogP contribution in [-0.4, -0.2) is 4.98 Å². The predicted molar refractivity (Wildman–Crippen MR) is 202 cm³/mol. The molecule has 8 aromatic rings. The highest BCUT2D eigenvalue weighted by Crippen LogP contribution is 2.63. The highest BCUT2D eigenvalue weighted by atomic mass is 14.7. The Morgan fingerprint density at radius 3 is 1.51 bits per heavy atom. The Morgan fingerprint density at radius 2 is 0.837 bits per heavy atom. The van der Waals surface area contributed by atoms with E-state index in [1.54, 1.807) is 0 Å². The van der Waals surface area contributed by atoms with Crippen LogP contribution in [-0.2, 0) is 5.41 Å². The third-order valence-corrected chi connectivity index (χ3v) is 10.4. The molecule has 0 aliphatic heterocycles. The van der Waals surface area contributed by atoms with E-state index in [2.05, 4.69) is 146 Å². The van der Waals surface area contributed by atoms with Crippen molar-refractivity contribution in [2.24, 2.45) is 0 Å². The molecule has 0 radical (unpaired) electrons. The van der Waals surface area contributed by atoms with Crippen LogP contribution in [0.3, 0.4) is 0 Å². The van der Waals surface area contributed by atoms with Crippen LogP contribution in [0, 0.1) is 0 Å². The van der Waals surface area contributed by atoms with E-state index in [9.17, 15) is 0 Å². The molecule has 0 fully saturated rings. The Kier molecular flexibility index (Phi) is 5.93. The van der Waals surface area contributed by atoms with Crippen molar-refractivity contribution in [1.29, 1.82) is 0 Å². The van der Waals surface area contributed by atoms with Gasteiger partial charge in [0.15, 0.2) is 0 Å². The minimum absolute atomic E-state index is 0.405. The summed E-state index contributed by atoms with van der Waals surface area (Å²) in [5, 5.41) is 0. The van der Waals surface area contributed by atoms with E-state index in [4.69, 9.17) is 6.35 Å². The summed E-state index contributed by atoms with van der Waals surface area (Å²) < 4.78 is 8.78. The van der Waals surface area contributed by atoms with Crippen LogP contribution in [0.1, 0.15) is 23.6 Å². The fourth-order valence-corrected chi connectivity index (χ4v) is 8.39. The number of pyridine rings is 1. The average molecular weight is 623 g/mol. The standard InChI is InChI=1S/C48H31N/c1-3-15-32(16-4-1)34-19-13-20-35(29-34)46-31-36(30-45(49-46)33-17-5-2-6-18-33)37-24-14-28-44-47(37)40-23-9-12-27-43(40)48(44)41-25-10-7-21-38(41)39-22-8-11-26-42(39)48/h1-31H/i13D. The molecular weight excluding hydrogens is 591 g/mol. The van der Waals surface area contributed by atoms with Gasteiger partial charge in [-0.05, 0) is 85.0 Å². The molecule has 10 rings (SSSR count). The van der Waals surface area contributed by atoms with E-state index in [1.807, 2.05) is 36.4 Å². The molecule has 0 saturated carbocycles. The van der Waals surface area contributed by atoms with Gasteiger partial charge in [-0.25, -0.2) is 4.98 Å². The summed E-state index contributed by atoms with van der Waals surface area (Å²) in [5.74, 6) is 0. The smallest absolute Gasteiger partial charge is 0.0725 e. The first kappa shape index (κ1) is 26.7. The largest absolute Gasteiger partial charge is 0.248 e. The molecule has 228 valence electrons. The first-order valence-corrected chi connectivity index (χ1v) is 16.9. The van der Waals surface area contributed by atoms with Crippen molar-refractivity contribution in [2.75, 3.05) is 0 Å². The Bertz CT molecular complexity index is 2560. The average Bonchev–Trinajstić information content (AvgIpc) is 3.66. The summed E-state index contributed by atoms with van der Waals surface area (Å²) >= 11 is 0. The van der Waals surface area contributed by atoms with Crippen LogP contribution in [0.4, 0.5) is 0 Å². The van der Waals surface area contributed by atoms with Crippen molar-refractivity contribution in [2.45, 2.75) is 5.41 Å². The van der Waals surface area contributed by atoms with Gasteiger partial charge in [0.25, 0.3) is 0 Å². The molecule has 1 spiro atoms. The molecule has 0 N–H and O–H groups in total. The minimum Gasteiger partial charge on any atom is -0.248 e. The quantitative estimate of drug-likeness (QED) is 0.190. The highest BCUT2D eigenvalue weighted by molar-refractivity contribution is 6.00. The van der Waals surface area contributed by atoms with Crippen LogP contribution >= 0.6 is 0 Å². The zero-order valence-corrected chi connectivity index (χ0v) is 26.8. The van der Waals surface area contributed by atoms with Gasteiger partial charge in [-0.3, -0.25) is 0 Å². The van der Waals surface area contributed by atoms with E-state index >= 15 is 0 Å². The lowest BCUT2D eigenvalue weighted by molar-refractivity contribution is 0.794. The normalized spacial score (nSPS) is 13.3. The summed E-state index contributed by atoms with van der Waals surface area (Å²) in [6.07, 6.45) is 0. The van der Waals surface area contributed by atoms with Crippen molar-refractivity contribution >= 4 is 0 Å². The van der Waals surface area contributed by atoms with E-state index in [0.717, 1.165) is 39.2 Å². The van der Waals surface area contributed by atoms with E-state index in [1.165, 1.54) is 50.1 Å². The van der Waals surface area contributed by atoms with Crippen molar-refractivity contribution in [3.8, 4) is 67.0 Å². The van der Waals surface area contributed by atoms with Gasteiger partial charge in [-0.15, -0.1) is 0 Å². The van der Waals surface area contributed by atoms with Gasteiger partial charge in [0.2, 0.25) is 0 Å². The van der Waals surface area contributed by atoms with Crippen LogP contribution < -0.4 is 0 Å². The monoisotopic (exact) mass is 622 g/mol. The fraction of sp³-hybridized carbons (Fsp3) is 0.0208. The summed E-state index contributed by atoms with van der Waals surface area (Å²) in [7, 11) is 0. The van der Waals surface area contributed by atoms with Crippen molar-refractivity contribution in [3.63, 3.8) is 0 Å². The fourth-order valence-electron chi connectivity index (χ4n) is 8.39. The number of rotatable bonds is 4. The van der Waals surface area contributed by atoms with Gasteiger partial charge >= 0.3 is 0 Å². The van der Waals surface area contributed by atoms with Gasteiger partial charge in [-0.1, -0.05) is 170 Å². The maximum Gasteiger partial charge on any atom is 0.0725 e. The van der Waals surface area contributed by atoms with E-state index in [-0.39, 0.29) is 0 Å². The van der Waals surface area contributed by atoms with Gasteiger partial charge in [0.1, 0.15) is 0 Å². The zero-order chi connectivity index (χ0) is 33.2. The van der Waals surface area contributed by atoms with E-state index < -0.39 is 5.41 Å². The van der Waals surface area contributed by atoms with Crippen LogP contribution in [0.5, 0.6) is 0 Å². The molecule has 2 aliphatic rings. The van der Waals surface area contributed by atoms with Gasteiger partial charge in [0, 0.05) is 11.1 Å². The second-order valence-corrected chi connectivity index (χ2v) is 13.0. The zero-order valence-electron chi connectivity index (χ0n) is 27.8. The molecule has 0 unspecified atom stereocenters. The third-order valence-electron chi connectivity index (χ3n) is 10.4. The Hall–Kier alpha value is -6.31. The van der Waals surface area contributed by atoms with Crippen LogP contribution in [0.25, 0.3) is 67.0 Å². The second kappa shape index (κ2) is 10.9. The lowest BCUT2D eigenvalue weighted by atomic mass is 9.70. The molecule has 49 heavy (non-hydrogen) atoms. The van der Waals surface area contributed by atoms with E-state index in [0.29, 0.717) is 6.04 Å². The number of hydrogen-bond donors (Lipinski definition) is 0. The van der Waals surface area contributed by atoms with Crippen molar-refractivity contribution in [1.82, 2.24) is 4.98 Å². The molecule has 0 atom stereocenters. The number of nitrogens with zero attached hydrogens (tertiary/aromatic N) is 1. The molecule has 0 amide bonds. The molecule has 0 bridgehead atoms. The molecule has 1 heterocycles. The Balaban J connectivity index is 1.25. The van der Waals surface area contributed by atoms with Crippen LogP contribution in [0.2, 0.25) is 0 Å². The summed E-state index contributed by atoms with van der Waals surface area (Å²) in [6, 6.07) is 65.4. The molecule has 1 aromatic heterocycles. The topological polar surface area (TPSA) is 12.9 Å². The highest BCUT2D eigenvalue weighted by Gasteiger charge is 2.51. The predicted octanol–water partition coefficient (Wildman–Crippen LogP) is 12.1. The maximum atomic E-state index is 8.78. The Labute approximate surface area is 288 Å². The molecule has 1 heteroatoms.